The van der Waals surface area contributed by atoms with Gasteiger partial charge in [-0.25, -0.2) is 33.7 Å². The lowest BCUT2D eigenvalue weighted by Gasteiger charge is -2.41. The minimum atomic E-state index is -0.453. The summed E-state index contributed by atoms with van der Waals surface area (Å²) in [6, 6.07) is 30.6. The minimum absolute atomic E-state index is 0.208. The van der Waals surface area contributed by atoms with Gasteiger partial charge in [0.2, 0.25) is 0 Å². The predicted octanol–water partition coefficient (Wildman–Crippen LogP) is 9.52. The Morgan fingerprint density at radius 2 is 0.949 bits per heavy atom. The van der Waals surface area contributed by atoms with Crippen LogP contribution in [0.2, 0.25) is 0 Å². The van der Waals surface area contributed by atoms with Gasteiger partial charge >= 0.3 is 0 Å². The zero-order valence-corrected chi connectivity index (χ0v) is 44.5. The number of rotatable bonds is 10. The summed E-state index contributed by atoms with van der Waals surface area (Å²) in [6.45, 7) is 9.18. The number of benzene rings is 4. The molecule has 6 N–H and O–H groups in total. The van der Waals surface area contributed by atoms with E-state index in [0.29, 0.717) is 69.2 Å². The molecule has 0 bridgehead atoms. The van der Waals surface area contributed by atoms with Gasteiger partial charge in [-0.05, 0) is 114 Å². The maximum absolute atomic E-state index is 15.3. The van der Waals surface area contributed by atoms with Crippen molar-refractivity contribution in [1.29, 1.82) is 0 Å². The number of nitrogens with zero attached hydrogens (tertiary/aromatic N) is 14. The summed E-state index contributed by atoms with van der Waals surface area (Å²) in [4.78, 5) is 36.7. The lowest BCUT2D eigenvalue weighted by atomic mass is 9.90. The standard InChI is InChI=1S/C29H32FN9O.C29H33N9O/c1-37-12-14-38(15-13-37)19-7-9-20(10-8-19)39-28-25(27(31)32-17-33-28)26(36-39)18-6-11-22(21(30)16-18)34-29-35-23-4-2-3-5-24(23)40-29;1-36-14-16-37(17-15-36)21-10-12-22(13-11-21)38-28-25(27(30)31-18-32-28)26(35-38)19-6-8-20(9-7-19)33-29-34-23-4-2-3-5-24(23)39-29/h2-6,11,16-17,19-20H,7-10,12-15H2,1H3,(H,34,35)(H2,31,32,33);2-9,18,21-22H,10-17H2,1H3,(H,33,34)(H2,30,31,32)/t19-,20-;21-,22-. The average Bonchev–Trinajstić information content (AvgIpc) is 4.32. The number of piperazine rings is 2. The molecule has 21 heteroatoms. The van der Waals surface area contributed by atoms with Gasteiger partial charge in [-0.1, -0.05) is 42.5 Å². The first-order valence-electron chi connectivity index (χ1n) is 27.6. The first-order valence-corrected chi connectivity index (χ1v) is 27.6. The van der Waals surface area contributed by atoms with Crippen LogP contribution < -0.4 is 22.1 Å². The third-order valence-corrected chi connectivity index (χ3v) is 16.7. The number of para-hydroxylation sites is 4. The van der Waals surface area contributed by atoms with E-state index in [1.165, 1.54) is 38.3 Å². The number of fused-ring (bicyclic) bond motifs is 4. The van der Waals surface area contributed by atoms with Crippen LogP contribution in [-0.4, -0.2) is 148 Å². The molecule has 2 aliphatic carbocycles. The molecule has 2 aliphatic heterocycles. The molecule has 79 heavy (non-hydrogen) atoms. The molecular weight excluding hydrogens is 1000 g/mol. The fourth-order valence-electron chi connectivity index (χ4n) is 12.2. The van der Waals surface area contributed by atoms with Gasteiger partial charge in [-0.3, -0.25) is 9.80 Å². The number of likely N-dealkylation sites (N-methyl/N-ethyl adjacent to an activating group) is 2. The fraction of sp³-hybridized carbons (Fsp3) is 0.379. The molecule has 4 fully saturated rings. The van der Waals surface area contributed by atoms with Crippen molar-refractivity contribution >= 4 is 79.3 Å². The lowest BCUT2D eigenvalue weighted by molar-refractivity contribution is 0.0815. The number of nitrogens with two attached hydrogens (primary N) is 2. The van der Waals surface area contributed by atoms with Crippen molar-refractivity contribution in [2.75, 3.05) is 88.6 Å². The second kappa shape index (κ2) is 21.6. The molecule has 0 atom stereocenters. The molecule has 4 aliphatic rings. The highest BCUT2D eigenvalue weighted by Crippen LogP contribution is 2.40. The van der Waals surface area contributed by atoms with Gasteiger partial charge in [0.1, 0.15) is 52.5 Å². The minimum Gasteiger partial charge on any atom is -0.423 e. The Labute approximate surface area is 456 Å². The Hall–Kier alpha value is -8.11. The van der Waals surface area contributed by atoms with E-state index in [0.717, 1.165) is 117 Å². The van der Waals surface area contributed by atoms with Crippen molar-refractivity contribution < 1.29 is 13.2 Å². The monoisotopic (exact) mass is 1060 g/mol. The van der Waals surface area contributed by atoms with Gasteiger partial charge in [0.05, 0.1) is 28.5 Å². The molecule has 2 saturated heterocycles. The molecule has 0 spiro atoms. The predicted molar refractivity (Wildman–Crippen MR) is 306 cm³/mol. The number of hydrogen-bond donors (Lipinski definition) is 4. The molecule has 4 aromatic carbocycles. The van der Waals surface area contributed by atoms with E-state index < -0.39 is 5.82 Å². The maximum Gasteiger partial charge on any atom is 0.300 e. The van der Waals surface area contributed by atoms with E-state index in [9.17, 15) is 0 Å². The summed E-state index contributed by atoms with van der Waals surface area (Å²) in [5, 5.41) is 17.7. The number of nitrogens with one attached hydrogen (secondary N) is 2. The van der Waals surface area contributed by atoms with Gasteiger partial charge in [-0.2, -0.15) is 20.2 Å². The summed E-state index contributed by atoms with van der Waals surface area (Å²) in [6.07, 6.45) is 11.8. The Kier molecular flexibility index (Phi) is 13.8. The number of oxazole rings is 2. The smallest absolute Gasteiger partial charge is 0.300 e. The molecule has 10 aromatic rings. The van der Waals surface area contributed by atoms with Crippen LogP contribution in [0.25, 0.3) is 66.8 Å². The van der Waals surface area contributed by atoms with Crippen LogP contribution in [0.5, 0.6) is 0 Å². The van der Waals surface area contributed by atoms with Crippen LogP contribution in [0, 0.1) is 5.82 Å². The number of anilines is 6. The number of halogens is 1. The third kappa shape index (κ3) is 10.3. The highest BCUT2D eigenvalue weighted by Gasteiger charge is 2.33. The van der Waals surface area contributed by atoms with Crippen LogP contribution in [0.1, 0.15) is 63.5 Å². The van der Waals surface area contributed by atoms with E-state index in [4.69, 9.17) is 30.5 Å². The van der Waals surface area contributed by atoms with Crippen molar-refractivity contribution in [3.8, 4) is 22.5 Å². The molecule has 6 aromatic heterocycles. The fourth-order valence-corrected chi connectivity index (χ4v) is 12.2. The Morgan fingerprint density at radius 1 is 0.506 bits per heavy atom. The van der Waals surface area contributed by atoms with Gasteiger partial charge in [0.25, 0.3) is 12.0 Å². The highest BCUT2D eigenvalue weighted by molar-refractivity contribution is 5.99. The van der Waals surface area contributed by atoms with E-state index in [-0.39, 0.29) is 17.7 Å². The molecule has 406 valence electrons. The van der Waals surface area contributed by atoms with E-state index in [1.54, 1.807) is 12.4 Å². The zero-order chi connectivity index (χ0) is 53.6. The van der Waals surface area contributed by atoms with Crippen molar-refractivity contribution in [2.45, 2.75) is 75.5 Å². The van der Waals surface area contributed by atoms with Crippen LogP contribution in [0.15, 0.2) is 112 Å². The van der Waals surface area contributed by atoms with E-state index in [2.05, 4.69) is 78.9 Å². The van der Waals surface area contributed by atoms with Crippen LogP contribution in [0.4, 0.5) is 39.4 Å². The van der Waals surface area contributed by atoms with E-state index >= 15 is 4.39 Å². The van der Waals surface area contributed by atoms with Gasteiger partial charge in [-0.15, -0.1) is 0 Å². The average molecular weight is 1070 g/mol. The molecule has 14 rings (SSSR count). The van der Waals surface area contributed by atoms with Gasteiger partial charge in [0, 0.05) is 81.3 Å². The zero-order valence-electron chi connectivity index (χ0n) is 44.5. The third-order valence-electron chi connectivity index (χ3n) is 16.7. The second-order valence-electron chi connectivity index (χ2n) is 21.6. The van der Waals surface area contributed by atoms with E-state index in [1.807, 2.05) is 83.5 Å². The molecule has 0 unspecified atom stereocenters. The normalized spacial score (nSPS) is 20.9. The Morgan fingerprint density at radius 3 is 1.43 bits per heavy atom. The SMILES string of the molecule is CN1CCN([C@H]2CC[C@H](n3nc(-c4ccc(Nc5nc6ccccc6o5)c(F)c4)c4c(N)ncnc43)CC2)CC1.CN1CCN([C@H]2CC[C@H](n3nc(-c4ccc(Nc5nc6ccccc6o5)cc4)c4c(N)ncnc43)CC2)CC1. The Balaban J connectivity index is 0.000000150. The first kappa shape index (κ1) is 50.4. The highest BCUT2D eigenvalue weighted by atomic mass is 19.1. The number of nitrogen functional groups attached to an aromatic ring is 2. The van der Waals surface area contributed by atoms with Crippen molar-refractivity contribution in [2.24, 2.45) is 0 Å². The molecular formula is C58H65FN18O2. The summed E-state index contributed by atoms with van der Waals surface area (Å²) in [5.41, 5.74) is 21.2. The largest absolute Gasteiger partial charge is 0.423 e. The van der Waals surface area contributed by atoms with Crippen molar-refractivity contribution in [3.05, 3.63) is 109 Å². The first-order chi connectivity index (χ1) is 38.6. The van der Waals surface area contributed by atoms with Gasteiger partial charge in [0.15, 0.2) is 22.5 Å². The molecule has 8 heterocycles. The number of aromatic nitrogens is 10. The number of hydrogen-bond acceptors (Lipinski definition) is 18. The van der Waals surface area contributed by atoms with Crippen molar-refractivity contribution in [1.82, 2.24) is 69.1 Å². The topological polar surface area (TPSA) is 228 Å². The summed E-state index contributed by atoms with van der Waals surface area (Å²) >= 11 is 0. The van der Waals surface area contributed by atoms with Gasteiger partial charge < -0.3 is 40.7 Å². The molecule has 20 nitrogen and oxygen atoms in total. The molecule has 0 amide bonds. The molecule has 0 radical (unpaired) electrons. The van der Waals surface area contributed by atoms with Crippen LogP contribution in [-0.2, 0) is 0 Å². The van der Waals surface area contributed by atoms with Crippen LogP contribution >= 0.6 is 0 Å². The van der Waals surface area contributed by atoms with Crippen molar-refractivity contribution in [3.63, 3.8) is 0 Å². The quantitative estimate of drug-likeness (QED) is 0.0999. The van der Waals surface area contributed by atoms with Crippen LogP contribution in [0.3, 0.4) is 0 Å². The summed E-state index contributed by atoms with van der Waals surface area (Å²) in [5.74, 6) is 0.345. The summed E-state index contributed by atoms with van der Waals surface area (Å²) < 4.78 is 30.9. The summed E-state index contributed by atoms with van der Waals surface area (Å²) in [7, 11) is 4.40. The maximum atomic E-state index is 15.3. The lowest BCUT2D eigenvalue weighted by Crippen LogP contribution is -2.49. The molecule has 2 saturated carbocycles. The second-order valence-corrected chi connectivity index (χ2v) is 21.6. The Bertz CT molecular complexity index is 3680.